The lowest BCUT2D eigenvalue weighted by atomic mass is 10.1. The van der Waals surface area contributed by atoms with Crippen molar-refractivity contribution in [3.8, 4) is 0 Å². The van der Waals surface area contributed by atoms with Crippen LogP contribution in [0.5, 0.6) is 0 Å². The van der Waals surface area contributed by atoms with Gasteiger partial charge < -0.3 is 14.7 Å². The van der Waals surface area contributed by atoms with E-state index >= 15 is 0 Å². The number of amides is 1. The fourth-order valence-electron chi connectivity index (χ4n) is 1.90. The Morgan fingerprint density at radius 2 is 1.89 bits per heavy atom. The Morgan fingerprint density at radius 3 is 2.39 bits per heavy atom. The molecule has 0 saturated carbocycles. The summed E-state index contributed by atoms with van der Waals surface area (Å²) in [5, 5.41) is 8.86. The van der Waals surface area contributed by atoms with Crippen LogP contribution in [0.3, 0.4) is 0 Å². The van der Waals surface area contributed by atoms with E-state index in [4.69, 9.17) is 9.84 Å². The average molecular weight is 258 g/mol. The number of aliphatic carboxylic acids is 1. The second kappa shape index (κ2) is 6.70. The van der Waals surface area contributed by atoms with Gasteiger partial charge in [0.25, 0.3) is 0 Å². The summed E-state index contributed by atoms with van der Waals surface area (Å²) in [6.07, 6.45) is 0. The lowest BCUT2D eigenvalue weighted by Gasteiger charge is -2.33. The van der Waals surface area contributed by atoms with Crippen LogP contribution in [-0.2, 0) is 14.3 Å². The molecule has 1 amide bonds. The van der Waals surface area contributed by atoms with Crippen molar-refractivity contribution in [2.75, 3.05) is 39.9 Å². The Bertz CT molecular complexity index is 302. The maximum Gasteiger partial charge on any atom is 0.307 e. The number of morpholine rings is 1. The molecule has 0 aliphatic carbocycles. The average Bonchev–Trinajstić information content (AvgIpc) is 2.37. The molecule has 1 rings (SSSR count). The van der Waals surface area contributed by atoms with E-state index in [0.717, 1.165) is 0 Å². The van der Waals surface area contributed by atoms with Gasteiger partial charge in [-0.2, -0.15) is 0 Å². The molecule has 18 heavy (non-hydrogen) atoms. The summed E-state index contributed by atoms with van der Waals surface area (Å²) >= 11 is 0. The zero-order chi connectivity index (χ0) is 13.7. The molecule has 1 N–H and O–H groups in total. The van der Waals surface area contributed by atoms with Crippen LogP contribution >= 0.6 is 0 Å². The van der Waals surface area contributed by atoms with Gasteiger partial charge in [0.05, 0.1) is 25.2 Å². The molecule has 0 aromatic heterocycles. The maximum absolute atomic E-state index is 12.2. The number of likely N-dealkylation sites (N-methyl/N-ethyl adjacent to an activating group) is 1. The molecule has 1 heterocycles. The highest BCUT2D eigenvalue weighted by Gasteiger charge is 2.26. The molecular weight excluding hydrogens is 236 g/mol. The second-order valence-electron chi connectivity index (χ2n) is 4.79. The number of nitrogens with zero attached hydrogens (tertiary/aromatic N) is 2. The molecule has 1 saturated heterocycles. The maximum atomic E-state index is 12.2. The summed E-state index contributed by atoms with van der Waals surface area (Å²) < 4.78 is 5.20. The van der Waals surface area contributed by atoms with Crippen molar-refractivity contribution in [2.24, 2.45) is 5.92 Å². The first-order valence-corrected chi connectivity index (χ1v) is 6.23. The van der Waals surface area contributed by atoms with Gasteiger partial charge in [-0.3, -0.25) is 14.5 Å². The van der Waals surface area contributed by atoms with Crippen LogP contribution in [-0.4, -0.2) is 72.7 Å². The summed E-state index contributed by atoms with van der Waals surface area (Å²) in [5.74, 6) is -1.28. The van der Waals surface area contributed by atoms with Crippen molar-refractivity contribution in [3.05, 3.63) is 0 Å². The quantitative estimate of drug-likeness (QED) is 0.745. The van der Waals surface area contributed by atoms with Gasteiger partial charge in [-0.05, 0) is 14.0 Å². The summed E-state index contributed by atoms with van der Waals surface area (Å²) in [6.45, 7) is 6.21. The van der Waals surface area contributed by atoms with Gasteiger partial charge in [0.1, 0.15) is 0 Å². The highest BCUT2D eigenvalue weighted by atomic mass is 16.5. The number of carboxylic acids is 1. The Hall–Kier alpha value is -1.14. The Kier molecular flexibility index (Phi) is 5.55. The van der Waals surface area contributed by atoms with Gasteiger partial charge in [-0.1, -0.05) is 6.92 Å². The van der Waals surface area contributed by atoms with Gasteiger partial charge in [0.2, 0.25) is 5.91 Å². The van der Waals surface area contributed by atoms with Crippen molar-refractivity contribution in [1.29, 1.82) is 0 Å². The molecule has 6 heteroatoms. The predicted molar refractivity (Wildman–Crippen MR) is 66.3 cm³/mol. The van der Waals surface area contributed by atoms with Crippen LogP contribution < -0.4 is 0 Å². The van der Waals surface area contributed by atoms with Crippen molar-refractivity contribution >= 4 is 11.9 Å². The number of ether oxygens (including phenoxy) is 1. The fraction of sp³-hybridized carbons (Fsp3) is 0.833. The fourth-order valence-corrected chi connectivity index (χ4v) is 1.90. The Balaban J connectivity index is 2.48. The third-order valence-electron chi connectivity index (χ3n) is 3.32. The minimum absolute atomic E-state index is 0.0402. The van der Waals surface area contributed by atoms with Crippen molar-refractivity contribution in [3.63, 3.8) is 0 Å². The van der Waals surface area contributed by atoms with E-state index in [2.05, 4.69) is 0 Å². The van der Waals surface area contributed by atoms with Crippen LogP contribution in [0.15, 0.2) is 0 Å². The highest BCUT2D eigenvalue weighted by Crippen LogP contribution is 2.07. The number of hydrogen-bond donors (Lipinski definition) is 1. The molecule has 1 aliphatic heterocycles. The summed E-state index contributed by atoms with van der Waals surface area (Å²) in [6, 6.07) is -0.301. The smallest absolute Gasteiger partial charge is 0.307 e. The normalized spacial score (nSPS) is 19.7. The van der Waals surface area contributed by atoms with Crippen LogP contribution in [0.1, 0.15) is 13.8 Å². The van der Waals surface area contributed by atoms with Crippen molar-refractivity contribution < 1.29 is 19.4 Å². The molecule has 2 atom stereocenters. The SMILES string of the molecule is CC(CN(C)C(C)C(=O)N1CCOCC1)C(=O)O. The molecule has 1 fully saturated rings. The van der Waals surface area contributed by atoms with Gasteiger partial charge in [-0.25, -0.2) is 0 Å². The number of carbonyl (C=O) groups excluding carboxylic acids is 1. The first kappa shape index (κ1) is 14.9. The molecule has 1 aliphatic rings. The lowest BCUT2D eigenvalue weighted by molar-refractivity contribution is -0.144. The standard InChI is InChI=1S/C12H22N2O4/c1-9(12(16)17)8-13(3)10(2)11(15)14-4-6-18-7-5-14/h9-10H,4-8H2,1-3H3,(H,16,17). The van der Waals surface area contributed by atoms with Gasteiger partial charge >= 0.3 is 5.97 Å². The van der Waals surface area contributed by atoms with E-state index in [9.17, 15) is 9.59 Å². The van der Waals surface area contributed by atoms with Crippen LogP contribution in [0.4, 0.5) is 0 Å². The minimum atomic E-state index is -0.840. The molecule has 104 valence electrons. The molecule has 0 spiro atoms. The molecule has 0 aromatic rings. The van der Waals surface area contributed by atoms with E-state index in [1.807, 2.05) is 6.92 Å². The molecule has 0 radical (unpaired) electrons. The third-order valence-corrected chi connectivity index (χ3v) is 3.32. The first-order chi connectivity index (χ1) is 8.43. The summed E-state index contributed by atoms with van der Waals surface area (Å²) in [4.78, 5) is 26.5. The van der Waals surface area contributed by atoms with Gasteiger partial charge in [0, 0.05) is 19.6 Å². The zero-order valence-electron chi connectivity index (χ0n) is 11.3. The Labute approximate surface area is 107 Å². The van der Waals surface area contributed by atoms with Crippen LogP contribution in [0, 0.1) is 5.92 Å². The second-order valence-corrected chi connectivity index (χ2v) is 4.79. The Morgan fingerprint density at radius 1 is 1.33 bits per heavy atom. The largest absolute Gasteiger partial charge is 0.481 e. The lowest BCUT2D eigenvalue weighted by Crippen LogP contribution is -2.50. The van der Waals surface area contributed by atoms with Gasteiger partial charge in [-0.15, -0.1) is 0 Å². The van der Waals surface area contributed by atoms with Crippen molar-refractivity contribution in [2.45, 2.75) is 19.9 Å². The van der Waals surface area contributed by atoms with Crippen LogP contribution in [0.25, 0.3) is 0 Å². The molecule has 0 bridgehead atoms. The highest BCUT2D eigenvalue weighted by molar-refractivity contribution is 5.81. The molecule has 6 nitrogen and oxygen atoms in total. The topological polar surface area (TPSA) is 70.1 Å². The van der Waals surface area contributed by atoms with Crippen molar-refractivity contribution in [1.82, 2.24) is 9.80 Å². The van der Waals surface area contributed by atoms with E-state index in [0.29, 0.717) is 32.8 Å². The number of rotatable bonds is 5. The number of hydrogen-bond acceptors (Lipinski definition) is 4. The van der Waals surface area contributed by atoms with E-state index in [-0.39, 0.29) is 11.9 Å². The number of carboxylic acid groups (broad SMARTS) is 1. The molecular formula is C12H22N2O4. The monoisotopic (exact) mass is 258 g/mol. The first-order valence-electron chi connectivity index (χ1n) is 6.23. The molecule has 2 unspecified atom stereocenters. The van der Waals surface area contributed by atoms with E-state index in [1.54, 1.807) is 23.8 Å². The number of carbonyl (C=O) groups is 2. The summed E-state index contributed by atoms with van der Waals surface area (Å²) in [7, 11) is 1.78. The van der Waals surface area contributed by atoms with E-state index < -0.39 is 11.9 Å². The van der Waals surface area contributed by atoms with Crippen LogP contribution in [0.2, 0.25) is 0 Å². The zero-order valence-corrected chi connectivity index (χ0v) is 11.3. The molecule has 0 aromatic carbocycles. The predicted octanol–water partition coefficient (Wildman–Crippen LogP) is -0.114. The van der Waals surface area contributed by atoms with Gasteiger partial charge in [0.15, 0.2) is 0 Å². The third kappa shape index (κ3) is 3.96. The minimum Gasteiger partial charge on any atom is -0.481 e. The summed E-state index contributed by atoms with van der Waals surface area (Å²) in [5.41, 5.74) is 0. The van der Waals surface area contributed by atoms with E-state index in [1.165, 1.54) is 0 Å².